The second kappa shape index (κ2) is 8.92. The highest BCUT2D eigenvalue weighted by atomic mass is 32.1. The minimum atomic E-state index is -0.188. The fourth-order valence-electron chi connectivity index (χ4n) is 2.36. The van der Waals surface area contributed by atoms with E-state index >= 15 is 0 Å². The van der Waals surface area contributed by atoms with E-state index in [-0.39, 0.29) is 11.8 Å². The van der Waals surface area contributed by atoms with Gasteiger partial charge < -0.3 is 5.32 Å². The normalized spacial score (nSPS) is 10.3. The molecule has 132 valence electrons. The molecule has 0 saturated heterocycles. The maximum Gasteiger partial charge on any atom is 0.257 e. The Labute approximate surface area is 156 Å². The molecule has 6 heteroatoms. The average Bonchev–Trinajstić information content (AvgIpc) is 3.13. The van der Waals surface area contributed by atoms with Crippen molar-refractivity contribution in [3.8, 4) is 0 Å². The number of hydrogen-bond acceptors (Lipinski definition) is 4. The van der Waals surface area contributed by atoms with E-state index < -0.39 is 0 Å². The van der Waals surface area contributed by atoms with Gasteiger partial charge in [-0.1, -0.05) is 48.5 Å². The van der Waals surface area contributed by atoms with Gasteiger partial charge >= 0.3 is 0 Å². The van der Waals surface area contributed by atoms with E-state index in [0.717, 1.165) is 11.3 Å². The topological polar surface area (TPSA) is 71.1 Å². The number of benzene rings is 2. The molecular formula is C20H19N3O2S. The number of thiazole rings is 1. The molecule has 0 saturated carbocycles. The van der Waals surface area contributed by atoms with Gasteiger partial charge in [0.05, 0.1) is 5.69 Å². The first kappa shape index (κ1) is 17.8. The molecule has 0 aliphatic carbocycles. The number of nitrogens with zero attached hydrogens (tertiary/aromatic N) is 1. The monoisotopic (exact) mass is 365 g/mol. The summed E-state index contributed by atoms with van der Waals surface area (Å²) < 4.78 is 0. The molecule has 2 amide bonds. The zero-order valence-corrected chi connectivity index (χ0v) is 15.0. The Kier molecular flexibility index (Phi) is 6.11. The van der Waals surface area contributed by atoms with Crippen molar-refractivity contribution in [3.05, 3.63) is 82.9 Å². The molecule has 0 unspecified atom stereocenters. The number of aromatic nitrogens is 1. The van der Waals surface area contributed by atoms with E-state index in [1.54, 1.807) is 12.1 Å². The van der Waals surface area contributed by atoms with Crippen LogP contribution >= 0.6 is 11.3 Å². The molecule has 26 heavy (non-hydrogen) atoms. The van der Waals surface area contributed by atoms with Crippen LogP contribution in [-0.2, 0) is 17.8 Å². The van der Waals surface area contributed by atoms with Gasteiger partial charge in [-0.3, -0.25) is 14.9 Å². The fraction of sp³-hybridized carbons (Fsp3) is 0.150. The van der Waals surface area contributed by atoms with Gasteiger partial charge in [0.1, 0.15) is 0 Å². The van der Waals surface area contributed by atoms with Crippen LogP contribution in [0.4, 0.5) is 5.13 Å². The van der Waals surface area contributed by atoms with Crippen LogP contribution in [0.1, 0.15) is 28.0 Å². The molecule has 0 bridgehead atoms. The highest BCUT2D eigenvalue weighted by molar-refractivity contribution is 7.14. The van der Waals surface area contributed by atoms with Crippen LogP contribution in [0.3, 0.4) is 0 Å². The predicted molar refractivity (Wildman–Crippen MR) is 103 cm³/mol. The molecule has 0 radical (unpaired) electrons. The van der Waals surface area contributed by atoms with E-state index in [9.17, 15) is 9.59 Å². The number of carbonyl (C=O) groups is 2. The van der Waals surface area contributed by atoms with Gasteiger partial charge in [0.15, 0.2) is 5.13 Å². The highest BCUT2D eigenvalue weighted by Gasteiger charge is 2.10. The van der Waals surface area contributed by atoms with Gasteiger partial charge in [-0.2, -0.15) is 0 Å². The van der Waals surface area contributed by atoms with Gasteiger partial charge in [-0.15, -0.1) is 11.3 Å². The third-order valence-corrected chi connectivity index (χ3v) is 4.56. The maximum absolute atomic E-state index is 12.1. The minimum absolute atomic E-state index is 0.0169. The van der Waals surface area contributed by atoms with Crippen LogP contribution in [-0.4, -0.2) is 16.8 Å². The fourth-order valence-corrected chi connectivity index (χ4v) is 3.10. The Morgan fingerprint density at radius 3 is 2.38 bits per heavy atom. The van der Waals surface area contributed by atoms with Crippen molar-refractivity contribution in [1.29, 1.82) is 0 Å². The summed E-state index contributed by atoms with van der Waals surface area (Å²) in [6.07, 6.45) is 0.904. The Morgan fingerprint density at radius 1 is 0.962 bits per heavy atom. The minimum Gasteiger partial charge on any atom is -0.352 e. The largest absolute Gasteiger partial charge is 0.352 e. The van der Waals surface area contributed by atoms with Gasteiger partial charge in [0, 0.05) is 23.9 Å². The van der Waals surface area contributed by atoms with E-state index in [4.69, 9.17) is 0 Å². The zero-order chi connectivity index (χ0) is 18.2. The second-order valence-electron chi connectivity index (χ2n) is 5.73. The summed E-state index contributed by atoms with van der Waals surface area (Å²) in [7, 11) is 0. The van der Waals surface area contributed by atoms with Crippen molar-refractivity contribution in [3.63, 3.8) is 0 Å². The molecule has 3 aromatic rings. The smallest absolute Gasteiger partial charge is 0.257 e. The lowest BCUT2D eigenvalue weighted by molar-refractivity contribution is -0.121. The SMILES string of the molecule is O=C(CCc1csc(NC(=O)c2ccccc2)n1)NCc1ccccc1. The first-order chi connectivity index (χ1) is 12.7. The van der Waals surface area contributed by atoms with Crippen molar-refractivity contribution in [1.82, 2.24) is 10.3 Å². The van der Waals surface area contributed by atoms with Crippen LogP contribution in [0.25, 0.3) is 0 Å². The molecular weight excluding hydrogens is 346 g/mol. The zero-order valence-electron chi connectivity index (χ0n) is 14.1. The third kappa shape index (κ3) is 5.26. The van der Waals surface area contributed by atoms with Crippen LogP contribution < -0.4 is 10.6 Å². The summed E-state index contributed by atoms with van der Waals surface area (Å²) in [6.45, 7) is 0.523. The highest BCUT2D eigenvalue weighted by Crippen LogP contribution is 2.17. The summed E-state index contributed by atoms with van der Waals surface area (Å²) in [5.74, 6) is -0.205. The van der Waals surface area contributed by atoms with E-state index in [1.807, 2.05) is 53.9 Å². The average molecular weight is 365 g/mol. The van der Waals surface area contributed by atoms with Crippen LogP contribution in [0.5, 0.6) is 0 Å². The molecule has 0 aliphatic rings. The van der Waals surface area contributed by atoms with Gasteiger partial charge in [0.25, 0.3) is 5.91 Å². The van der Waals surface area contributed by atoms with E-state index in [2.05, 4.69) is 15.6 Å². The molecule has 0 fully saturated rings. The molecule has 0 atom stereocenters. The molecule has 2 aromatic carbocycles. The summed E-state index contributed by atoms with van der Waals surface area (Å²) in [5.41, 5.74) is 2.46. The molecule has 2 N–H and O–H groups in total. The predicted octanol–water partition coefficient (Wildman–Crippen LogP) is 3.64. The van der Waals surface area contributed by atoms with Crippen molar-refractivity contribution in [2.24, 2.45) is 0 Å². The van der Waals surface area contributed by atoms with Crippen LogP contribution in [0.15, 0.2) is 66.0 Å². The molecule has 5 nitrogen and oxygen atoms in total. The number of hydrogen-bond donors (Lipinski definition) is 2. The van der Waals surface area contributed by atoms with Crippen LogP contribution in [0.2, 0.25) is 0 Å². The first-order valence-electron chi connectivity index (χ1n) is 8.32. The van der Waals surface area contributed by atoms with E-state index in [0.29, 0.717) is 30.1 Å². The molecule has 0 spiro atoms. The van der Waals surface area contributed by atoms with Gasteiger partial charge in [0.2, 0.25) is 5.91 Å². The van der Waals surface area contributed by atoms with Gasteiger partial charge in [-0.05, 0) is 24.1 Å². The summed E-state index contributed by atoms with van der Waals surface area (Å²) in [6, 6.07) is 18.8. The lowest BCUT2D eigenvalue weighted by Crippen LogP contribution is -2.23. The number of nitrogens with one attached hydrogen (secondary N) is 2. The van der Waals surface area contributed by atoms with Crippen LogP contribution in [0, 0.1) is 0 Å². The summed E-state index contributed by atoms with van der Waals surface area (Å²) in [4.78, 5) is 28.4. The molecule has 3 rings (SSSR count). The Hall–Kier alpha value is -2.99. The number of anilines is 1. The Balaban J connectivity index is 1.45. The lowest BCUT2D eigenvalue weighted by atomic mass is 10.2. The van der Waals surface area contributed by atoms with Crippen molar-refractivity contribution < 1.29 is 9.59 Å². The summed E-state index contributed by atoms with van der Waals surface area (Å²) in [5, 5.41) is 8.08. The molecule has 1 aromatic heterocycles. The second-order valence-corrected chi connectivity index (χ2v) is 6.58. The Morgan fingerprint density at radius 2 is 1.65 bits per heavy atom. The van der Waals surface area contributed by atoms with Crippen molar-refractivity contribution in [2.45, 2.75) is 19.4 Å². The number of rotatable bonds is 7. The maximum atomic E-state index is 12.1. The molecule has 1 heterocycles. The molecule has 0 aliphatic heterocycles. The summed E-state index contributed by atoms with van der Waals surface area (Å²) >= 11 is 1.36. The standard InChI is InChI=1S/C20H19N3O2S/c24-18(21-13-15-7-3-1-4-8-15)12-11-17-14-26-20(22-17)23-19(25)16-9-5-2-6-10-16/h1-10,14H,11-13H2,(H,21,24)(H,22,23,25). The number of aryl methyl sites for hydroxylation is 1. The van der Waals surface area contributed by atoms with E-state index in [1.165, 1.54) is 11.3 Å². The number of carbonyl (C=O) groups excluding carboxylic acids is 2. The van der Waals surface area contributed by atoms with Crippen molar-refractivity contribution >= 4 is 28.3 Å². The van der Waals surface area contributed by atoms with Gasteiger partial charge in [-0.25, -0.2) is 4.98 Å². The lowest BCUT2D eigenvalue weighted by Gasteiger charge is -2.04. The number of amides is 2. The van der Waals surface area contributed by atoms with Crippen molar-refractivity contribution in [2.75, 3.05) is 5.32 Å². The first-order valence-corrected chi connectivity index (χ1v) is 9.20. The quantitative estimate of drug-likeness (QED) is 0.671. The Bertz CT molecular complexity index is 863. The third-order valence-electron chi connectivity index (χ3n) is 3.75.